The summed E-state index contributed by atoms with van der Waals surface area (Å²) in [6.07, 6.45) is 0. The second-order valence-electron chi connectivity index (χ2n) is 39.4. The van der Waals surface area contributed by atoms with Crippen LogP contribution in [-0.2, 0) is 0 Å². The zero-order chi connectivity index (χ0) is 98.8. The monoisotopic (exact) mass is 1910 g/mol. The second kappa shape index (κ2) is 36.1. The van der Waals surface area contributed by atoms with Gasteiger partial charge in [-0.25, -0.2) is 0 Å². The van der Waals surface area contributed by atoms with Crippen molar-refractivity contribution in [3.63, 3.8) is 0 Å². The van der Waals surface area contributed by atoms with Gasteiger partial charge in [0.05, 0.1) is 66.2 Å². The molecule has 6 aromatic heterocycles. The Labute approximate surface area is 866 Å². The van der Waals surface area contributed by atoms with Crippen LogP contribution in [-0.4, -0.2) is 27.4 Å². The average Bonchev–Trinajstić information content (AvgIpc) is 1.58. The van der Waals surface area contributed by atoms with Crippen LogP contribution in [0.25, 0.3) is 275 Å². The number of hydrogen-bond donors (Lipinski definition) is 0. The second-order valence-corrected chi connectivity index (χ2v) is 39.4. The molecule has 0 saturated carbocycles. The summed E-state index contributed by atoms with van der Waals surface area (Å²) in [6, 6.07) is 208. The molecular weight excluding hydrogens is 1810 g/mol. The first-order valence-corrected chi connectivity index (χ1v) is 51.6. The van der Waals surface area contributed by atoms with Crippen LogP contribution >= 0.6 is 0 Å². The third-order valence-electron chi connectivity index (χ3n) is 30.9. The topological polar surface area (TPSA) is 29.6 Å². The SMILES string of the molecule is c1ccc(-c2cc(-c3ccccc3)cc(-n3c4ccccc4c4ccc(-c5ccc6c7ccccc7n(-c7ccc8ccccc8c7)c6c5)cc43)c2)cc1.c1ccc(-c2ccc(-n3c4ccccc4c4ccc(-c5ccc6c7ccccc7n(-c7ccc8ccccc8c7)c6c5)cc43)cc2)cc1.c1ccc(-c2cccc(-n3c4ccccc4c4ccc(-c5ccc6c7ccccc7n(-c7ccc8ccccc8c7)c6c5)cc43)c2)cc1. The van der Waals surface area contributed by atoms with Gasteiger partial charge in [0.15, 0.2) is 0 Å². The van der Waals surface area contributed by atoms with Gasteiger partial charge in [0.2, 0.25) is 0 Å². The molecule has 6 heteroatoms. The zero-order valence-electron chi connectivity index (χ0n) is 82.0. The third-order valence-corrected chi connectivity index (χ3v) is 30.9. The van der Waals surface area contributed by atoms with Gasteiger partial charge in [-0.15, -0.1) is 0 Å². The van der Waals surface area contributed by atoms with Gasteiger partial charge in [0.25, 0.3) is 0 Å². The maximum atomic E-state index is 2.46. The molecule has 0 saturated heterocycles. The molecule has 0 aliphatic rings. The fourth-order valence-electron chi connectivity index (χ4n) is 23.7. The van der Waals surface area contributed by atoms with Crippen molar-refractivity contribution in [1.82, 2.24) is 27.4 Å². The lowest BCUT2D eigenvalue weighted by Crippen LogP contribution is -1.96. The number of fused-ring (bicyclic) bond motifs is 21. The van der Waals surface area contributed by atoms with Gasteiger partial charge in [0, 0.05) is 98.8 Å². The molecule has 0 aliphatic heterocycles. The Morgan fingerprint density at radius 2 is 0.267 bits per heavy atom. The molecule has 0 spiro atoms. The Hall–Kier alpha value is -19.9. The number of hydrogen-bond acceptors (Lipinski definition) is 0. The van der Waals surface area contributed by atoms with E-state index in [2.05, 4.69) is 598 Å². The molecular formula is C144H94N6. The molecule has 0 N–H and O–H groups in total. The van der Waals surface area contributed by atoms with E-state index in [0.29, 0.717) is 0 Å². The number of aromatic nitrogens is 6. The average molecular weight is 1910 g/mol. The van der Waals surface area contributed by atoms with Crippen LogP contribution in [0.2, 0.25) is 0 Å². The molecule has 0 amide bonds. The molecule has 0 atom stereocenters. The van der Waals surface area contributed by atoms with E-state index in [1.54, 1.807) is 0 Å². The summed E-state index contributed by atoms with van der Waals surface area (Å²) in [7, 11) is 0. The first-order valence-electron chi connectivity index (χ1n) is 51.6. The lowest BCUT2D eigenvalue weighted by Gasteiger charge is -2.14. The number of benzene rings is 25. The Morgan fingerprint density at radius 1 is 0.0800 bits per heavy atom. The van der Waals surface area contributed by atoms with E-state index in [1.165, 1.54) is 258 Å². The number of para-hydroxylation sites is 6. The highest BCUT2D eigenvalue weighted by molar-refractivity contribution is 6.17. The fourth-order valence-corrected chi connectivity index (χ4v) is 23.7. The minimum Gasteiger partial charge on any atom is -0.309 e. The highest BCUT2D eigenvalue weighted by Gasteiger charge is 2.25. The van der Waals surface area contributed by atoms with Crippen LogP contribution in [0.3, 0.4) is 0 Å². The van der Waals surface area contributed by atoms with Crippen LogP contribution in [0, 0.1) is 0 Å². The van der Waals surface area contributed by atoms with Crippen molar-refractivity contribution < 1.29 is 0 Å². The van der Waals surface area contributed by atoms with Crippen LogP contribution in [0.5, 0.6) is 0 Å². The first kappa shape index (κ1) is 86.7. The molecule has 31 rings (SSSR count). The molecule has 150 heavy (non-hydrogen) atoms. The molecule has 31 aromatic rings. The molecule has 0 unspecified atom stereocenters. The van der Waals surface area contributed by atoms with E-state index < -0.39 is 0 Å². The third kappa shape index (κ3) is 14.9. The quantitative estimate of drug-likeness (QED) is 0.110. The molecule has 0 aliphatic carbocycles. The Kier molecular flexibility index (Phi) is 20.9. The number of rotatable bonds is 13. The van der Waals surface area contributed by atoms with Crippen LogP contribution in [0.1, 0.15) is 0 Å². The predicted molar refractivity (Wildman–Crippen MR) is 636 cm³/mol. The van der Waals surface area contributed by atoms with Gasteiger partial charge in [-0.2, -0.15) is 0 Å². The fraction of sp³-hybridized carbons (Fsp3) is 0. The summed E-state index contributed by atoms with van der Waals surface area (Å²) in [6.45, 7) is 0. The zero-order valence-corrected chi connectivity index (χ0v) is 82.0. The molecule has 0 radical (unpaired) electrons. The normalized spacial score (nSPS) is 11.7. The van der Waals surface area contributed by atoms with Crippen molar-refractivity contribution in [3.8, 4) is 112 Å². The highest BCUT2D eigenvalue weighted by Crippen LogP contribution is 2.47. The van der Waals surface area contributed by atoms with Crippen LogP contribution < -0.4 is 0 Å². The van der Waals surface area contributed by atoms with E-state index in [-0.39, 0.29) is 0 Å². The Morgan fingerprint density at radius 3 is 0.560 bits per heavy atom. The van der Waals surface area contributed by atoms with Crippen molar-refractivity contribution in [2.24, 2.45) is 0 Å². The standard InChI is InChI=1S/C52H34N2.2C46H30N2/c1-3-13-35(14-4-1)41-29-42(36-15-5-2-6-16-36)32-44(31-41)54-50-22-12-10-20-46(50)48-28-25-40(34-52(48)54)39-24-27-47-45-19-9-11-21-49(45)53(51(47)33-39)43-26-23-37-17-7-8-18-38(37)30-43;1-2-11-31(12-3-1)34-15-10-16-37(27-34)47-43-19-8-6-17-39(43)41-25-22-35(29-45(41)47)36-23-26-42-40-18-7-9-20-44(40)48(46(42)30-36)38-24-21-32-13-4-5-14-33(32)28-38;1-2-10-31(11-3-1)33-18-23-37(24-19-33)47-43-16-8-6-14-39(43)41-26-21-35(29-45(41)47)36-22-27-42-40-15-7-9-17-44(40)48(46(42)30-36)38-25-20-32-12-4-5-13-34(32)28-38/h1-34H;2*1-30H. The summed E-state index contributed by atoms with van der Waals surface area (Å²) < 4.78 is 14.6. The van der Waals surface area contributed by atoms with E-state index in [9.17, 15) is 0 Å². The molecule has 25 aromatic carbocycles. The minimum absolute atomic E-state index is 1.14. The maximum Gasteiger partial charge on any atom is 0.0547 e. The van der Waals surface area contributed by atoms with Gasteiger partial charge in [0.1, 0.15) is 0 Å². The summed E-state index contributed by atoms with van der Waals surface area (Å²) in [5.41, 5.74) is 38.3. The van der Waals surface area contributed by atoms with Crippen molar-refractivity contribution in [1.29, 1.82) is 0 Å². The summed E-state index contributed by atoms with van der Waals surface area (Å²) >= 11 is 0. The lowest BCUT2D eigenvalue weighted by molar-refractivity contribution is 1.18. The molecule has 0 bridgehead atoms. The van der Waals surface area contributed by atoms with Gasteiger partial charge in [-0.1, -0.05) is 419 Å². The summed E-state index contributed by atoms with van der Waals surface area (Å²) in [5.74, 6) is 0. The highest BCUT2D eigenvalue weighted by atomic mass is 15.0. The largest absolute Gasteiger partial charge is 0.309 e. The predicted octanol–water partition coefficient (Wildman–Crippen LogP) is 38.8. The van der Waals surface area contributed by atoms with Gasteiger partial charge < -0.3 is 27.4 Å². The van der Waals surface area contributed by atoms with Crippen LogP contribution in [0.15, 0.2) is 570 Å². The van der Waals surface area contributed by atoms with Crippen molar-refractivity contribution in [2.45, 2.75) is 0 Å². The first-order chi connectivity index (χ1) is 74.4. The van der Waals surface area contributed by atoms with E-state index in [0.717, 1.165) is 17.1 Å². The van der Waals surface area contributed by atoms with Crippen molar-refractivity contribution in [3.05, 3.63) is 570 Å². The molecule has 700 valence electrons. The lowest BCUT2D eigenvalue weighted by atomic mass is 9.98. The van der Waals surface area contributed by atoms with E-state index >= 15 is 0 Å². The van der Waals surface area contributed by atoms with Gasteiger partial charge in [-0.05, 0) is 262 Å². The smallest absolute Gasteiger partial charge is 0.0547 e. The number of nitrogens with zero attached hydrogens (tertiary/aromatic N) is 6. The van der Waals surface area contributed by atoms with Gasteiger partial charge in [-0.3, -0.25) is 0 Å². The Bertz CT molecular complexity index is 10700. The molecule has 6 nitrogen and oxygen atoms in total. The summed E-state index contributed by atoms with van der Waals surface area (Å²) in [4.78, 5) is 0. The van der Waals surface area contributed by atoms with Crippen LogP contribution in [0.4, 0.5) is 0 Å². The minimum atomic E-state index is 1.14. The maximum absolute atomic E-state index is 2.46. The summed E-state index contributed by atoms with van der Waals surface area (Å²) in [5, 5.41) is 22.6. The van der Waals surface area contributed by atoms with E-state index in [1.807, 2.05) is 0 Å². The van der Waals surface area contributed by atoms with Crippen molar-refractivity contribution >= 4 is 163 Å². The van der Waals surface area contributed by atoms with Crippen molar-refractivity contribution in [2.75, 3.05) is 0 Å². The molecule has 0 fully saturated rings. The van der Waals surface area contributed by atoms with Gasteiger partial charge >= 0.3 is 0 Å². The Balaban J connectivity index is 0.000000106. The molecule has 6 heterocycles. The van der Waals surface area contributed by atoms with E-state index in [4.69, 9.17) is 0 Å².